The Kier molecular flexibility index (Phi) is 6.61. The lowest BCUT2D eigenvalue weighted by Crippen LogP contribution is -2.47. The van der Waals surface area contributed by atoms with Gasteiger partial charge in [-0.2, -0.15) is 0 Å². The average molecular weight is 256 g/mol. The topological polar surface area (TPSA) is 24.5 Å². The van der Waals surface area contributed by atoms with Crippen molar-refractivity contribution in [3.63, 3.8) is 0 Å². The van der Waals surface area contributed by atoms with Crippen LogP contribution in [0.15, 0.2) is 0 Å². The first kappa shape index (κ1) is 15.9. The summed E-state index contributed by atoms with van der Waals surface area (Å²) in [5.74, 6) is 0. The first-order chi connectivity index (χ1) is 8.50. The highest BCUT2D eigenvalue weighted by Gasteiger charge is 2.31. The molecule has 108 valence electrons. The summed E-state index contributed by atoms with van der Waals surface area (Å²) in [7, 11) is 2.22. The van der Waals surface area contributed by atoms with Crippen molar-refractivity contribution in [3.8, 4) is 0 Å². The Morgan fingerprint density at radius 3 is 2.78 bits per heavy atom. The van der Waals surface area contributed by atoms with Gasteiger partial charge in [-0.15, -0.1) is 0 Å². The van der Waals surface area contributed by atoms with Gasteiger partial charge in [-0.05, 0) is 46.6 Å². The van der Waals surface area contributed by atoms with Crippen molar-refractivity contribution in [2.24, 2.45) is 0 Å². The molecule has 1 saturated heterocycles. The summed E-state index contributed by atoms with van der Waals surface area (Å²) in [6.07, 6.45) is 4.64. The fraction of sp³-hybridized carbons (Fsp3) is 1.00. The van der Waals surface area contributed by atoms with Crippen molar-refractivity contribution >= 4 is 0 Å². The van der Waals surface area contributed by atoms with Crippen LogP contribution in [0.1, 0.15) is 53.4 Å². The van der Waals surface area contributed by atoms with E-state index in [9.17, 15) is 0 Å². The van der Waals surface area contributed by atoms with Gasteiger partial charge < -0.3 is 15.0 Å². The largest absolute Gasteiger partial charge is 0.375 e. The maximum absolute atomic E-state index is 5.88. The van der Waals surface area contributed by atoms with E-state index in [-0.39, 0.29) is 5.60 Å². The molecule has 1 heterocycles. The van der Waals surface area contributed by atoms with Gasteiger partial charge in [0.05, 0.1) is 5.60 Å². The zero-order valence-corrected chi connectivity index (χ0v) is 13.0. The summed E-state index contributed by atoms with van der Waals surface area (Å²) in [4.78, 5) is 2.44. The highest BCUT2D eigenvalue weighted by atomic mass is 16.5. The maximum atomic E-state index is 5.88. The van der Waals surface area contributed by atoms with E-state index in [0.29, 0.717) is 12.1 Å². The second kappa shape index (κ2) is 7.46. The molecule has 0 spiro atoms. The fourth-order valence-corrected chi connectivity index (χ4v) is 2.53. The molecule has 3 unspecified atom stereocenters. The summed E-state index contributed by atoms with van der Waals surface area (Å²) in [5, 5.41) is 3.70. The molecule has 3 heteroatoms. The van der Waals surface area contributed by atoms with Crippen LogP contribution in [-0.4, -0.2) is 49.3 Å². The first-order valence-electron chi connectivity index (χ1n) is 7.58. The Balaban J connectivity index is 2.23. The third-order valence-corrected chi connectivity index (χ3v) is 4.58. The van der Waals surface area contributed by atoms with E-state index in [1.165, 1.54) is 6.42 Å². The number of ether oxygens (including phenoxy) is 1. The minimum atomic E-state index is 0.0958. The fourth-order valence-electron chi connectivity index (χ4n) is 2.53. The first-order valence-corrected chi connectivity index (χ1v) is 7.58. The molecule has 1 aliphatic rings. The van der Waals surface area contributed by atoms with E-state index in [1.807, 2.05) is 0 Å². The van der Waals surface area contributed by atoms with Gasteiger partial charge in [0.25, 0.3) is 0 Å². The van der Waals surface area contributed by atoms with Gasteiger partial charge in [0, 0.05) is 31.8 Å². The lowest BCUT2D eigenvalue weighted by Gasteiger charge is -2.38. The van der Waals surface area contributed by atoms with Gasteiger partial charge in [0.1, 0.15) is 0 Å². The van der Waals surface area contributed by atoms with Crippen LogP contribution in [0, 0.1) is 0 Å². The molecule has 0 amide bonds. The summed E-state index contributed by atoms with van der Waals surface area (Å²) in [5.41, 5.74) is 0.0958. The molecule has 1 N–H and O–H groups in total. The molecule has 0 bridgehead atoms. The second-order valence-electron chi connectivity index (χ2n) is 6.03. The monoisotopic (exact) mass is 256 g/mol. The highest BCUT2D eigenvalue weighted by Crippen LogP contribution is 2.27. The smallest absolute Gasteiger partial charge is 0.0666 e. The number of hydrogen-bond donors (Lipinski definition) is 1. The van der Waals surface area contributed by atoms with Gasteiger partial charge >= 0.3 is 0 Å². The van der Waals surface area contributed by atoms with Crippen molar-refractivity contribution < 1.29 is 4.74 Å². The molecule has 0 aromatic heterocycles. The van der Waals surface area contributed by atoms with E-state index in [0.717, 1.165) is 39.0 Å². The summed E-state index contributed by atoms with van der Waals surface area (Å²) < 4.78 is 5.88. The molecule has 0 aliphatic carbocycles. The Morgan fingerprint density at radius 1 is 1.44 bits per heavy atom. The predicted molar refractivity (Wildman–Crippen MR) is 78.1 cm³/mol. The Bertz CT molecular complexity index is 235. The van der Waals surface area contributed by atoms with E-state index in [2.05, 4.69) is 45.0 Å². The maximum Gasteiger partial charge on any atom is 0.0666 e. The molecule has 1 rings (SSSR count). The van der Waals surface area contributed by atoms with Crippen LogP contribution >= 0.6 is 0 Å². The van der Waals surface area contributed by atoms with Crippen molar-refractivity contribution in [1.29, 1.82) is 0 Å². The molecule has 18 heavy (non-hydrogen) atoms. The molecular weight excluding hydrogens is 224 g/mol. The number of nitrogens with one attached hydrogen (secondary N) is 1. The molecule has 1 aliphatic heterocycles. The van der Waals surface area contributed by atoms with Crippen LogP contribution in [0.3, 0.4) is 0 Å². The Hall–Kier alpha value is -0.120. The number of nitrogens with zero attached hydrogens (tertiary/aromatic N) is 1. The van der Waals surface area contributed by atoms with Crippen LogP contribution in [-0.2, 0) is 4.74 Å². The van der Waals surface area contributed by atoms with Crippen LogP contribution in [0.2, 0.25) is 0 Å². The lowest BCUT2D eigenvalue weighted by molar-refractivity contribution is -0.0780. The standard InChI is InChI=1S/C15H32N2O/c1-6-13(3)17(5)10-9-16-14-8-11-18-15(4,7-2)12-14/h13-14,16H,6-12H2,1-5H3. The second-order valence-corrected chi connectivity index (χ2v) is 6.03. The quantitative estimate of drug-likeness (QED) is 0.758. The van der Waals surface area contributed by atoms with Crippen LogP contribution in [0.25, 0.3) is 0 Å². The summed E-state index contributed by atoms with van der Waals surface area (Å²) >= 11 is 0. The van der Waals surface area contributed by atoms with Crippen LogP contribution < -0.4 is 5.32 Å². The number of hydrogen-bond acceptors (Lipinski definition) is 3. The molecule has 3 nitrogen and oxygen atoms in total. The number of likely N-dealkylation sites (N-methyl/N-ethyl adjacent to an activating group) is 1. The Labute approximate surface area is 113 Å². The minimum Gasteiger partial charge on any atom is -0.375 e. The zero-order chi connectivity index (χ0) is 13.6. The molecular formula is C15H32N2O. The van der Waals surface area contributed by atoms with E-state index < -0.39 is 0 Å². The van der Waals surface area contributed by atoms with Crippen LogP contribution in [0.4, 0.5) is 0 Å². The van der Waals surface area contributed by atoms with Crippen LogP contribution in [0.5, 0.6) is 0 Å². The van der Waals surface area contributed by atoms with Crippen molar-refractivity contribution in [3.05, 3.63) is 0 Å². The molecule has 0 radical (unpaired) electrons. The summed E-state index contributed by atoms with van der Waals surface area (Å²) in [6.45, 7) is 12.1. The predicted octanol–water partition coefficient (Wildman–Crippen LogP) is 2.65. The van der Waals surface area contributed by atoms with Crippen molar-refractivity contribution in [2.45, 2.75) is 71.1 Å². The van der Waals surface area contributed by atoms with Gasteiger partial charge in [0.15, 0.2) is 0 Å². The molecule has 3 atom stereocenters. The molecule has 0 saturated carbocycles. The third kappa shape index (κ3) is 4.87. The SMILES string of the molecule is CCC(C)N(C)CCNC1CCOC(C)(CC)C1. The zero-order valence-electron chi connectivity index (χ0n) is 13.0. The Morgan fingerprint density at radius 2 is 2.17 bits per heavy atom. The molecule has 0 aromatic rings. The minimum absolute atomic E-state index is 0.0958. The van der Waals surface area contributed by atoms with Gasteiger partial charge in [-0.1, -0.05) is 13.8 Å². The lowest BCUT2D eigenvalue weighted by atomic mass is 9.90. The number of rotatable bonds is 7. The van der Waals surface area contributed by atoms with Gasteiger partial charge in [-0.3, -0.25) is 0 Å². The van der Waals surface area contributed by atoms with Gasteiger partial charge in [-0.25, -0.2) is 0 Å². The molecule has 0 aromatic carbocycles. The highest BCUT2D eigenvalue weighted by molar-refractivity contribution is 4.85. The average Bonchev–Trinajstić information content (AvgIpc) is 2.38. The van der Waals surface area contributed by atoms with E-state index in [4.69, 9.17) is 4.74 Å². The normalized spacial score (nSPS) is 30.7. The van der Waals surface area contributed by atoms with Crippen molar-refractivity contribution in [2.75, 3.05) is 26.7 Å². The van der Waals surface area contributed by atoms with E-state index in [1.54, 1.807) is 0 Å². The van der Waals surface area contributed by atoms with E-state index >= 15 is 0 Å². The molecule has 1 fully saturated rings. The third-order valence-electron chi connectivity index (χ3n) is 4.58. The van der Waals surface area contributed by atoms with Crippen molar-refractivity contribution in [1.82, 2.24) is 10.2 Å². The summed E-state index contributed by atoms with van der Waals surface area (Å²) in [6, 6.07) is 1.32. The van der Waals surface area contributed by atoms with Gasteiger partial charge in [0.2, 0.25) is 0 Å².